The van der Waals surface area contributed by atoms with Gasteiger partial charge < -0.3 is 10.1 Å². The first-order chi connectivity index (χ1) is 10.2. The van der Waals surface area contributed by atoms with Crippen LogP contribution in [0.2, 0.25) is 0 Å². The van der Waals surface area contributed by atoms with Crippen molar-refractivity contribution in [2.24, 2.45) is 0 Å². The molecule has 0 saturated heterocycles. The van der Waals surface area contributed by atoms with Gasteiger partial charge in [-0.3, -0.25) is 0 Å². The predicted octanol–water partition coefficient (Wildman–Crippen LogP) is 3.15. The van der Waals surface area contributed by atoms with E-state index in [1.54, 1.807) is 0 Å². The van der Waals surface area contributed by atoms with Gasteiger partial charge in [0.25, 0.3) is 0 Å². The topological polar surface area (TPSA) is 47.0 Å². The van der Waals surface area contributed by atoms with Crippen molar-refractivity contribution in [3.8, 4) is 5.88 Å². The summed E-state index contributed by atoms with van der Waals surface area (Å²) in [5.74, 6) is 1.31. The highest BCUT2D eigenvalue weighted by Crippen LogP contribution is 2.23. The predicted molar refractivity (Wildman–Crippen MR) is 83.8 cm³/mol. The molecule has 1 aromatic carbocycles. The quantitative estimate of drug-likeness (QED) is 0.936. The van der Waals surface area contributed by atoms with Gasteiger partial charge in [-0.1, -0.05) is 24.3 Å². The van der Waals surface area contributed by atoms with Gasteiger partial charge in [-0.15, -0.1) is 0 Å². The first-order valence-corrected chi connectivity index (χ1v) is 7.56. The number of nitrogens with one attached hydrogen (secondary N) is 1. The molecule has 4 nitrogen and oxygen atoms in total. The van der Waals surface area contributed by atoms with Crippen LogP contribution >= 0.6 is 0 Å². The number of aromatic nitrogens is 2. The van der Waals surface area contributed by atoms with Crippen LogP contribution in [0.5, 0.6) is 5.88 Å². The van der Waals surface area contributed by atoms with Gasteiger partial charge in [0.05, 0.1) is 6.61 Å². The number of hydrogen-bond acceptors (Lipinski definition) is 4. The molecule has 3 rings (SSSR count). The Labute approximate surface area is 125 Å². The van der Waals surface area contributed by atoms with Gasteiger partial charge in [-0.05, 0) is 44.2 Å². The first kappa shape index (κ1) is 13.9. The largest absolute Gasteiger partial charge is 0.478 e. The Bertz CT molecular complexity index is 627. The van der Waals surface area contributed by atoms with Gasteiger partial charge in [0.1, 0.15) is 0 Å². The lowest BCUT2D eigenvalue weighted by Gasteiger charge is -2.25. The third-order valence-electron chi connectivity index (χ3n) is 3.80. The minimum absolute atomic E-state index is 0.385. The number of hydrogen-bond donors (Lipinski definition) is 1. The summed E-state index contributed by atoms with van der Waals surface area (Å²) in [7, 11) is 0. The molecule has 21 heavy (non-hydrogen) atoms. The van der Waals surface area contributed by atoms with Crippen molar-refractivity contribution in [2.75, 3.05) is 11.9 Å². The Kier molecular flexibility index (Phi) is 4.04. The van der Waals surface area contributed by atoms with E-state index in [4.69, 9.17) is 4.74 Å². The summed E-state index contributed by atoms with van der Waals surface area (Å²) in [6, 6.07) is 10.9. The van der Waals surface area contributed by atoms with E-state index in [-0.39, 0.29) is 0 Å². The summed E-state index contributed by atoms with van der Waals surface area (Å²) < 4.78 is 5.48. The minimum atomic E-state index is 0.385. The zero-order chi connectivity index (χ0) is 14.7. The van der Waals surface area contributed by atoms with Gasteiger partial charge in [0.2, 0.25) is 11.8 Å². The summed E-state index contributed by atoms with van der Waals surface area (Å²) in [6.45, 7) is 4.54. The highest BCUT2D eigenvalue weighted by Gasteiger charge is 2.19. The lowest BCUT2D eigenvalue weighted by atomic mass is 9.88. The number of benzene rings is 1. The van der Waals surface area contributed by atoms with Crippen LogP contribution in [0.4, 0.5) is 5.95 Å². The smallest absolute Gasteiger partial charge is 0.226 e. The average Bonchev–Trinajstić information content (AvgIpc) is 2.47. The van der Waals surface area contributed by atoms with Crippen molar-refractivity contribution >= 4 is 5.95 Å². The molecule has 0 aliphatic heterocycles. The van der Waals surface area contributed by atoms with E-state index in [1.807, 2.05) is 19.9 Å². The lowest BCUT2D eigenvalue weighted by molar-refractivity contribution is 0.326. The third kappa shape index (κ3) is 3.32. The molecule has 0 fully saturated rings. The van der Waals surface area contributed by atoms with Crippen molar-refractivity contribution in [1.29, 1.82) is 0 Å². The Hall–Kier alpha value is -2.10. The van der Waals surface area contributed by atoms with E-state index in [2.05, 4.69) is 39.6 Å². The molecule has 1 N–H and O–H groups in total. The molecule has 0 saturated carbocycles. The van der Waals surface area contributed by atoms with Crippen LogP contribution < -0.4 is 10.1 Å². The van der Waals surface area contributed by atoms with Crippen LogP contribution in [0.15, 0.2) is 30.3 Å². The first-order valence-electron chi connectivity index (χ1n) is 7.56. The zero-order valence-corrected chi connectivity index (χ0v) is 12.6. The van der Waals surface area contributed by atoms with E-state index >= 15 is 0 Å². The molecule has 0 radical (unpaired) electrons. The van der Waals surface area contributed by atoms with Crippen LogP contribution in [0, 0.1) is 6.92 Å². The van der Waals surface area contributed by atoms with E-state index < -0.39 is 0 Å². The van der Waals surface area contributed by atoms with Crippen molar-refractivity contribution < 1.29 is 4.74 Å². The Balaban J connectivity index is 1.73. The summed E-state index contributed by atoms with van der Waals surface area (Å²) in [5.41, 5.74) is 3.82. The Morgan fingerprint density at radius 1 is 1.24 bits per heavy atom. The van der Waals surface area contributed by atoms with Crippen LogP contribution in [0.1, 0.15) is 30.2 Å². The van der Waals surface area contributed by atoms with Crippen LogP contribution in [0.3, 0.4) is 0 Å². The molecule has 1 aliphatic carbocycles. The van der Waals surface area contributed by atoms with E-state index in [0.717, 1.165) is 25.0 Å². The number of nitrogens with zero attached hydrogens (tertiary/aromatic N) is 2. The number of rotatable bonds is 4. The maximum Gasteiger partial charge on any atom is 0.226 e. The highest BCUT2D eigenvalue weighted by molar-refractivity contribution is 5.36. The summed E-state index contributed by atoms with van der Waals surface area (Å²) in [4.78, 5) is 8.89. The molecule has 0 amide bonds. The lowest BCUT2D eigenvalue weighted by Crippen LogP contribution is -2.28. The minimum Gasteiger partial charge on any atom is -0.478 e. The van der Waals surface area contributed by atoms with Gasteiger partial charge in [-0.2, -0.15) is 4.98 Å². The molecule has 1 unspecified atom stereocenters. The van der Waals surface area contributed by atoms with Crippen molar-refractivity contribution in [3.63, 3.8) is 0 Å². The molecular formula is C17H21N3O. The fourth-order valence-electron chi connectivity index (χ4n) is 2.83. The summed E-state index contributed by atoms with van der Waals surface area (Å²) >= 11 is 0. The number of anilines is 1. The number of ether oxygens (including phenoxy) is 1. The molecule has 1 heterocycles. The summed E-state index contributed by atoms with van der Waals surface area (Å²) in [5, 5.41) is 3.46. The van der Waals surface area contributed by atoms with E-state index in [1.165, 1.54) is 11.1 Å². The molecule has 1 aliphatic rings. The van der Waals surface area contributed by atoms with Crippen molar-refractivity contribution in [2.45, 2.75) is 39.2 Å². The molecule has 2 aromatic rings. The van der Waals surface area contributed by atoms with Gasteiger partial charge in [-0.25, -0.2) is 4.98 Å². The fraction of sp³-hybridized carbons (Fsp3) is 0.412. The maximum absolute atomic E-state index is 5.48. The second kappa shape index (κ2) is 6.12. The molecule has 0 spiro atoms. The summed E-state index contributed by atoms with van der Waals surface area (Å²) in [6.07, 6.45) is 3.24. The second-order valence-electron chi connectivity index (χ2n) is 5.46. The monoisotopic (exact) mass is 283 g/mol. The number of aryl methyl sites for hydroxylation is 2. The normalized spacial score (nSPS) is 17.1. The Morgan fingerprint density at radius 2 is 2.05 bits per heavy atom. The van der Waals surface area contributed by atoms with Gasteiger partial charge in [0, 0.05) is 17.8 Å². The van der Waals surface area contributed by atoms with Crippen molar-refractivity contribution in [1.82, 2.24) is 9.97 Å². The van der Waals surface area contributed by atoms with Gasteiger partial charge in [0.15, 0.2) is 0 Å². The average molecular weight is 283 g/mol. The van der Waals surface area contributed by atoms with Gasteiger partial charge >= 0.3 is 0 Å². The van der Waals surface area contributed by atoms with E-state index in [9.17, 15) is 0 Å². The molecule has 110 valence electrons. The third-order valence-corrected chi connectivity index (χ3v) is 3.80. The fourth-order valence-corrected chi connectivity index (χ4v) is 2.83. The molecular weight excluding hydrogens is 262 g/mol. The maximum atomic E-state index is 5.48. The standard InChI is InChI=1S/C17H21N3O/c1-3-21-16-10-12(2)18-17(20-16)19-15-9-8-13-6-4-5-7-14(13)11-15/h4-7,10,15H,3,8-9,11H2,1-2H3,(H,18,19,20). The van der Waals surface area contributed by atoms with Crippen LogP contribution in [0.25, 0.3) is 0 Å². The Morgan fingerprint density at radius 3 is 2.86 bits per heavy atom. The van der Waals surface area contributed by atoms with E-state index in [0.29, 0.717) is 24.5 Å². The van der Waals surface area contributed by atoms with Crippen LogP contribution in [-0.2, 0) is 12.8 Å². The molecule has 1 aromatic heterocycles. The molecule has 4 heteroatoms. The second-order valence-corrected chi connectivity index (χ2v) is 5.46. The SMILES string of the molecule is CCOc1cc(C)nc(NC2CCc3ccccc3C2)n1. The van der Waals surface area contributed by atoms with Crippen LogP contribution in [-0.4, -0.2) is 22.6 Å². The zero-order valence-electron chi connectivity index (χ0n) is 12.6. The molecule has 1 atom stereocenters. The number of fused-ring (bicyclic) bond motifs is 1. The highest BCUT2D eigenvalue weighted by atomic mass is 16.5. The molecule has 0 bridgehead atoms. The van der Waals surface area contributed by atoms with Crippen molar-refractivity contribution in [3.05, 3.63) is 47.2 Å².